The van der Waals surface area contributed by atoms with Crippen LogP contribution in [0.2, 0.25) is 0 Å². The van der Waals surface area contributed by atoms with Crippen LogP contribution >= 0.6 is 0 Å². The Balaban J connectivity index is 0.000000235. The number of H-pyrrole nitrogens is 2. The number of phenols is 2. The van der Waals surface area contributed by atoms with Crippen molar-refractivity contribution in [3.8, 4) is 51.4 Å². The van der Waals surface area contributed by atoms with Crippen LogP contribution in [-0.4, -0.2) is 48.9 Å². The van der Waals surface area contributed by atoms with E-state index in [1.165, 1.54) is 16.2 Å². The van der Waals surface area contributed by atoms with Crippen molar-refractivity contribution in [2.45, 2.75) is 60.5 Å². The zero-order chi connectivity index (χ0) is 43.1. The quantitative estimate of drug-likeness (QED) is 0.0828. The van der Waals surface area contributed by atoms with Crippen molar-refractivity contribution in [1.29, 1.82) is 0 Å². The van der Waals surface area contributed by atoms with Gasteiger partial charge in [-0.3, -0.25) is 0 Å². The first-order valence-electron chi connectivity index (χ1n) is 20.1. The molecule has 0 spiro atoms. The van der Waals surface area contributed by atoms with E-state index in [9.17, 15) is 19.8 Å². The van der Waals surface area contributed by atoms with Crippen LogP contribution in [0.5, 0.6) is 17.2 Å². The van der Waals surface area contributed by atoms with E-state index in [-0.39, 0.29) is 64.2 Å². The molecule has 9 rings (SSSR count). The van der Waals surface area contributed by atoms with Crippen molar-refractivity contribution in [1.82, 2.24) is 38.7 Å². The summed E-state index contributed by atoms with van der Waals surface area (Å²) in [6.07, 6.45) is 3.96. The average Bonchev–Trinajstić information content (AvgIpc) is 4.02. The molecule has 0 bridgehead atoms. The third-order valence-corrected chi connectivity index (χ3v) is 11.1. The van der Waals surface area contributed by atoms with Crippen LogP contribution < -0.4 is 16.1 Å². The second-order valence-corrected chi connectivity index (χ2v) is 15.9. The van der Waals surface area contributed by atoms with Crippen molar-refractivity contribution < 1.29 is 35.4 Å². The predicted molar refractivity (Wildman–Crippen MR) is 252 cm³/mol. The molecular weight excluding hydrogens is 899 g/mol. The maximum atomic E-state index is 12.9. The van der Waals surface area contributed by atoms with Gasteiger partial charge in [0.2, 0.25) is 0 Å². The third kappa shape index (κ3) is 9.25. The molecule has 13 nitrogen and oxygen atoms in total. The molecule has 4 N–H and O–H groups in total. The fourth-order valence-electron chi connectivity index (χ4n) is 7.84. The summed E-state index contributed by atoms with van der Waals surface area (Å²) < 4.78 is 13.4. The molecule has 0 aliphatic heterocycles. The van der Waals surface area contributed by atoms with E-state index in [0.717, 1.165) is 44.2 Å². The van der Waals surface area contributed by atoms with Crippen LogP contribution in [0.15, 0.2) is 125 Å². The van der Waals surface area contributed by atoms with E-state index in [1.807, 2.05) is 124 Å². The van der Waals surface area contributed by atoms with Gasteiger partial charge in [-0.2, -0.15) is 10.2 Å². The van der Waals surface area contributed by atoms with Crippen molar-refractivity contribution in [2.75, 3.05) is 0 Å². The van der Waals surface area contributed by atoms with Crippen LogP contribution in [0.1, 0.15) is 69.2 Å². The van der Waals surface area contributed by atoms with Crippen LogP contribution in [-0.2, 0) is 41.1 Å². The van der Waals surface area contributed by atoms with Gasteiger partial charge in [-0.05, 0) is 108 Å². The first-order valence-corrected chi connectivity index (χ1v) is 20.1. The molecule has 4 aromatic heterocycles. The number of nitrogens with one attached hydrogen (secondary N) is 2. The summed E-state index contributed by atoms with van der Waals surface area (Å²) in [7, 11) is 3.97. The number of hydrogen-bond acceptors (Lipinski definition) is 7. The summed E-state index contributed by atoms with van der Waals surface area (Å²) in [6.45, 7) is 10.7. The molecule has 0 saturated carbocycles. The normalized spacial score (nSPS) is 11.0. The smallest absolute Gasteiger partial charge is 0.348 e. The summed E-state index contributed by atoms with van der Waals surface area (Å²) >= 11 is 0. The van der Waals surface area contributed by atoms with Gasteiger partial charge in [0, 0.05) is 74.8 Å². The molecule has 4 heterocycles. The Labute approximate surface area is 386 Å². The summed E-state index contributed by atoms with van der Waals surface area (Å²) in [5, 5.41) is 36.2. The number of aromatic hydroxyl groups is 2. The molecule has 0 unspecified atom stereocenters. The van der Waals surface area contributed by atoms with Gasteiger partial charge in [0.1, 0.15) is 23.9 Å². The zero-order valence-corrected chi connectivity index (χ0v) is 38.0. The Hall–Kier alpha value is -6.88. The first-order chi connectivity index (χ1) is 29.3. The molecule has 0 aliphatic carbocycles. The molecular formula is C50H55N8O5Pd-. The Morgan fingerprint density at radius 2 is 1.14 bits per heavy atom. The number of fused-ring (bicyclic) bond motifs is 2. The molecule has 14 heteroatoms. The molecule has 0 radical (unpaired) electrons. The topological polar surface area (TPSA) is 161 Å². The van der Waals surface area contributed by atoms with E-state index >= 15 is 0 Å². The predicted octanol–water partition coefficient (Wildman–Crippen LogP) is 10.1. The van der Waals surface area contributed by atoms with Crippen LogP contribution in [0.3, 0.4) is 0 Å². The Kier molecular flexibility index (Phi) is 14.8. The number of hydrogen-bond donors (Lipinski definition) is 4. The zero-order valence-electron chi connectivity index (χ0n) is 36.5. The number of rotatable bonds is 9. The van der Waals surface area contributed by atoms with Gasteiger partial charge in [-0.1, -0.05) is 65.5 Å². The van der Waals surface area contributed by atoms with Crippen molar-refractivity contribution >= 4 is 21.8 Å². The van der Waals surface area contributed by atoms with Gasteiger partial charge in [0.25, 0.3) is 0 Å². The molecule has 64 heavy (non-hydrogen) atoms. The van der Waals surface area contributed by atoms with E-state index in [4.69, 9.17) is 4.74 Å². The average molecular weight is 954 g/mol. The van der Waals surface area contributed by atoms with E-state index in [0.29, 0.717) is 40.9 Å². The standard InChI is InChI=1S/C28H28N4O2.C20H20N4O3.CH4.CH3.Pd/c1-18(2)23-16-24(26(14-19(23)3)34-17-20-8-6-5-7-9-20)27-29-30-28(33)32(27)22-10-11-25-21(15-22)12-13-31(25)4;1-11(2)14-9-15(18(26)10-17(14)25)19-21-22-20(27)24(19)13-4-5-16-12(8-13)6-7-23(16)3;;;/h5-16,18H,17H2,1-4H3,(H,30,33);4-11,25-26H,1-3H3,(H,22,27);1H4;1H3;/q;;;-1;. The molecule has 336 valence electrons. The fourth-order valence-corrected chi connectivity index (χ4v) is 7.84. The summed E-state index contributed by atoms with van der Waals surface area (Å²) in [5.74, 6) is 1.76. The SMILES string of the molecule is C.CC(C)c1cc(-c2n[nH]c(=O)n2-c2ccc3c(ccn3C)c2)c(O)cc1O.Cc1cc(OCc2ccccc2)c(-c2n[nH]c(=O)n2-c2ccc3c(ccn3C)c2)cc1C(C)C.[CH3-].[Pd]. The van der Waals surface area contributed by atoms with Gasteiger partial charge >= 0.3 is 11.4 Å². The Morgan fingerprint density at radius 1 is 0.641 bits per heavy atom. The van der Waals surface area contributed by atoms with Crippen LogP contribution in [0.25, 0.3) is 56.0 Å². The number of phenolic OH excluding ortho intramolecular Hbond substituents is 2. The maximum Gasteiger partial charge on any atom is 0.348 e. The monoisotopic (exact) mass is 953 g/mol. The summed E-state index contributed by atoms with van der Waals surface area (Å²) in [4.78, 5) is 25.4. The number of aromatic nitrogens is 8. The van der Waals surface area contributed by atoms with Gasteiger partial charge in [0.15, 0.2) is 11.6 Å². The number of benzene rings is 5. The molecule has 0 fully saturated rings. The molecule has 9 aromatic rings. The summed E-state index contributed by atoms with van der Waals surface area (Å²) in [6, 6.07) is 32.8. The van der Waals surface area contributed by atoms with Gasteiger partial charge < -0.3 is 31.5 Å². The van der Waals surface area contributed by atoms with Gasteiger partial charge in [-0.25, -0.2) is 28.9 Å². The number of nitrogens with zero attached hydrogens (tertiary/aromatic N) is 6. The molecule has 0 aliphatic rings. The van der Waals surface area contributed by atoms with Crippen LogP contribution in [0.4, 0.5) is 0 Å². The minimum atomic E-state index is -0.404. The largest absolute Gasteiger partial charge is 0.508 e. The number of ether oxygens (including phenoxy) is 1. The Morgan fingerprint density at radius 3 is 1.66 bits per heavy atom. The molecule has 0 amide bonds. The van der Waals surface area contributed by atoms with Gasteiger partial charge in [0.05, 0.1) is 22.5 Å². The van der Waals surface area contributed by atoms with Crippen molar-refractivity contribution in [3.05, 3.63) is 166 Å². The second kappa shape index (κ2) is 19.7. The van der Waals surface area contributed by atoms with Crippen LogP contribution in [0, 0.1) is 14.4 Å². The summed E-state index contributed by atoms with van der Waals surface area (Å²) in [5.41, 5.74) is 8.12. The third-order valence-electron chi connectivity index (χ3n) is 11.1. The second-order valence-electron chi connectivity index (χ2n) is 15.9. The maximum absolute atomic E-state index is 12.9. The van der Waals surface area contributed by atoms with Crippen molar-refractivity contribution in [2.24, 2.45) is 14.1 Å². The first kappa shape index (κ1) is 48.2. The van der Waals surface area contributed by atoms with E-state index in [1.54, 1.807) is 10.6 Å². The van der Waals surface area contributed by atoms with Gasteiger partial charge in [-0.15, -0.1) is 0 Å². The van der Waals surface area contributed by atoms with Crippen molar-refractivity contribution in [3.63, 3.8) is 0 Å². The molecule has 0 saturated heterocycles. The molecule has 0 atom stereocenters. The number of aromatic amines is 2. The minimum absolute atomic E-state index is 0. The minimum Gasteiger partial charge on any atom is -0.508 e. The van der Waals surface area contributed by atoms with E-state index < -0.39 is 5.69 Å². The molecule has 5 aromatic carbocycles. The number of aryl methyl sites for hydroxylation is 3. The fraction of sp³-hybridized carbons (Fsp3) is 0.220. The van der Waals surface area contributed by atoms with E-state index in [2.05, 4.69) is 57.9 Å². The Bertz CT molecular complexity index is 3170.